The lowest BCUT2D eigenvalue weighted by atomic mass is 9.96. The Hall–Kier alpha value is -2.67. The van der Waals surface area contributed by atoms with Gasteiger partial charge in [-0.2, -0.15) is 0 Å². The number of hydrogen-bond acceptors (Lipinski definition) is 6. The summed E-state index contributed by atoms with van der Waals surface area (Å²) in [4.78, 5) is 22.0. The van der Waals surface area contributed by atoms with Crippen LogP contribution >= 0.6 is 0 Å². The van der Waals surface area contributed by atoms with E-state index in [0.717, 1.165) is 48.8 Å². The molecule has 3 rings (SSSR count). The Morgan fingerprint density at radius 2 is 2.04 bits per heavy atom. The molecule has 2 heterocycles. The highest BCUT2D eigenvalue weighted by Gasteiger charge is 2.23. The SMILES string of the molecule is NCc1cccc(Nc2cc(N3CCC(C(N)=O)CC3)ncn2)c1. The molecule has 0 aliphatic carbocycles. The van der Waals surface area contributed by atoms with Crippen molar-refractivity contribution >= 4 is 23.2 Å². The summed E-state index contributed by atoms with van der Waals surface area (Å²) in [5.74, 6) is 1.34. The molecule has 7 heteroatoms. The second kappa shape index (κ2) is 7.27. The van der Waals surface area contributed by atoms with Crippen molar-refractivity contribution in [2.75, 3.05) is 23.3 Å². The van der Waals surface area contributed by atoms with Gasteiger partial charge in [0, 0.05) is 37.3 Å². The molecule has 1 fully saturated rings. The van der Waals surface area contributed by atoms with Crippen LogP contribution < -0.4 is 21.7 Å². The fourth-order valence-corrected chi connectivity index (χ4v) is 2.91. The summed E-state index contributed by atoms with van der Waals surface area (Å²) in [5, 5.41) is 3.28. The minimum Gasteiger partial charge on any atom is -0.369 e. The summed E-state index contributed by atoms with van der Waals surface area (Å²) in [7, 11) is 0. The molecule has 1 aliphatic rings. The lowest BCUT2D eigenvalue weighted by molar-refractivity contribution is -0.122. The van der Waals surface area contributed by atoms with E-state index in [1.807, 2.05) is 30.3 Å². The smallest absolute Gasteiger partial charge is 0.220 e. The molecule has 1 aromatic carbocycles. The minimum absolute atomic E-state index is 0.0281. The first-order chi connectivity index (χ1) is 11.7. The van der Waals surface area contributed by atoms with E-state index in [2.05, 4.69) is 20.2 Å². The molecule has 1 aromatic heterocycles. The van der Waals surface area contributed by atoms with Crippen LogP contribution in [0.4, 0.5) is 17.3 Å². The molecular formula is C17H22N6O. The number of amides is 1. The Morgan fingerprint density at radius 1 is 1.25 bits per heavy atom. The number of nitrogens with one attached hydrogen (secondary N) is 1. The van der Waals surface area contributed by atoms with Gasteiger partial charge in [-0.1, -0.05) is 12.1 Å². The molecule has 1 aliphatic heterocycles. The number of nitrogens with two attached hydrogens (primary N) is 2. The Balaban J connectivity index is 1.69. The fraction of sp³-hybridized carbons (Fsp3) is 0.353. The van der Waals surface area contributed by atoms with Crippen molar-refractivity contribution in [1.29, 1.82) is 0 Å². The molecule has 0 bridgehead atoms. The Morgan fingerprint density at radius 3 is 2.75 bits per heavy atom. The largest absolute Gasteiger partial charge is 0.369 e. The number of nitrogens with zero attached hydrogens (tertiary/aromatic N) is 3. The standard InChI is InChI=1S/C17H22N6O/c18-10-12-2-1-3-14(8-12)22-15-9-16(21-11-20-15)23-6-4-13(5-7-23)17(19)24/h1-3,8-9,11,13H,4-7,10,18H2,(H2,19,24)(H,20,21,22). The van der Waals surface area contributed by atoms with Crippen LogP contribution in [0.2, 0.25) is 0 Å². The molecule has 1 saturated heterocycles. The molecule has 0 atom stereocenters. The van der Waals surface area contributed by atoms with Gasteiger partial charge in [-0.3, -0.25) is 4.79 Å². The van der Waals surface area contributed by atoms with Crippen LogP contribution in [0.3, 0.4) is 0 Å². The minimum atomic E-state index is -0.209. The summed E-state index contributed by atoms with van der Waals surface area (Å²) >= 11 is 0. The number of rotatable bonds is 5. The first-order valence-corrected chi connectivity index (χ1v) is 8.08. The third-order valence-electron chi connectivity index (χ3n) is 4.31. The van der Waals surface area contributed by atoms with Gasteiger partial charge < -0.3 is 21.7 Å². The van der Waals surface area contributed by atoms with Crippen LogP contribution in [0.15, 0.2) is 36.7 Å². The lowest BCUT2D eigenvalue weighted by Crippen LogP contribution is -2.38. The average Bonchev–Trinajstić information content (AvgIpc) is 2.62. The molecule has 0 spiro atoms. The molecule has 0 unspecified atom stereocenters. The van der Waals surface area contributed by atoms with Crippen molar-refractivity contribution in [1.82, 2.24) is 9.97 Å². The van der Waals surface area contributed by atoms with Gasteiger partial charge in [0.15, 0.2) is 0 Å². The van der Waals surface area contributed by atoms with Crippen molar-refractivity contribution < 1.29 is 4.79 Å². The van der Waals surface area contributed by atoms with Crippen molar-refractivity contribution in [2.45, 2.75) is 19.4 Å². The van der Waals surface area contributed by atoms with E-state index in [4.69, 9.17) is 11.5 Å². The van der Waals surface area contributed by atoms with E-state index < -0.39 is 0 Å². The second-order valence-corrected chi connectivity index (χ2v) is 5.95. The number of carbonyl (C=O) groups excluding carboxylic acids is 1. The van der Waals surface area contributed by atoms with Gasteiger partial charge in [0.05, 0.1) is 0 Å². The molecular weight excluding hydrogens is 304 g/mol. The number of piperidine rings is 1. The van der Waals surface area contributed by atoms with Gasteiger partial charge in [0.25, 0.3) is 0 Å². The number of anilines is 3. The van der Waals surface area contributed by atoms with Gasteiger partial charge in [-0.25, -0.2) is 9.97 Å². The molecule has 7 nitrogen and oxygen atoms in total. The van der Waals surface area contributed by atoms with Crippen LogP contribution in [-0.4, -0.2) is 29.0 Å². The molecule has 0 saturated carbocycles. The van der Waals surface area contributed by atoms with Crippen molar-refractivity contribution in [3.63, 3.8) is 0 Å². The molecule has 2 aromatic rings. The van der Waals surface area contributed by atoms with Crippen molar-refractivity contribution in [3.8, 4) is 0 Å². The van der Waals surface area contributed by atoms with Crippen LogP contribution in [0.5, 0.6) is 0 Å². The molecule has 5 N–H and O–H groups in total. The molecule has 126 valence electrons. The maximum atomic E-state index is 11.3. The Labute approximate surface area is 141 Å². The van der Waals surface area contributed by atoms with Gasteiger partial charge in [-0.15, -0.1) is 0 Å². The first-order valence-electron chi connectivity index (χ1n) is 8.08. The van der Waals surface area contributed by atoms with E-state index >= 15 is 0 Å². The lowest BCUT2D eigenvalue weighted by Gasteiger charge is -2.31. The Kier molecular flexibility index (Phi) is 4.90. The normalized spacial score (nSPS) is 15.3. The number of hydrogen-bond donors (Lipinski definition) is 3. The van der Waals surface area contributed by atoms with Gasteiger partial charge in [0.1, 0.15) is 18.0 Å². The van der Waals surface area contributed by atoms with E-state index in [1.54, 1.807) is 6.33 Å². The van der Waals surface area contributed by atoms with E-state index in [1.165, 1.54) is 0 Å². The van der Waals surface area contributed by atoms with Gasteiger partial charge in [0.2, 0.25) is 5.91 Å². The maximum absolute atomic E-state index is 11.3. The maximum Gasteiger partial charge on any atom is 0.220 e. The zero-order chi connectivity index (χ0) is 16.9. The molecule has 24 heavy (non-hydrogen) atoms. The number of carbonyl (C=O) groups is 1. The predicted octanol–water partition coefficient (Wildman–Crippen LogP) is 1.38. The van der Waals surface area contributed by atoms with Gasteiger partial charge >= 0.3 is 0 Å². The van der Waals surface area contributed by atoms with Crippen LogP contribution in [-0.2, 0) is 11.3 Å². The third-order valence-corrected chi connectivity index (χ3v) is 4.31. The number of benzene rings is 1. The summed E-state index contributed by atoms with van der Waals surface area (Å²) in [6.07, 6.45) is 3.08. The van der Waals surface area contributed by atoms with Crippen molar-refractivity contribution in [3.05, 3.63) is 42.2 Å². The topological polar surface area (TPSA) is 110 Å². The van der Waals surface area contributed by atoms with Crippen LogP contribution in [0.1, 0.15) is 18.4 Å². The van der Waals surface area contributed by atoms with Crippen molar-refractivity contribution in [2.24, 2.45) is 17.4 Å². The predicted molar refractivity (Wildman–Crippen MR) is 93.8 cm³/mol. The monoisotopic (exact) mass is 326 g/mol. The van der Waals surface area contributed by atoms with E-state index in [9.17, 15) is 4.79 Å². The fourth-order valence-electron chi connectivity index (χ4n) is 2.91. The number of aromatic nitrogens is 2. The summed E-state index contributed by atoms with van der Waals surface area (Å²) in [5.41, 5.74) is 13.1. The second-order valence-electron chi connectivity index (χ2n) is 5.95. The summed E-state index contributed by atoms with van der Waals surface area (Å²) < 4.78 is 0. The van der Waals surface area contributed by atoms with Gasteiger partial charge in [-0.05, 0) is 30.5 Å². The first kappa shape index (κ1) is 16.2. The highest BCUT2D eigenvalue weighted by molar-refractivity contribution is 5.77. The summed E-state index contributed by atoms with van der Waals surface area (Å²) in [6.45, 7) is 2.04. The average molecular weight is 326 g/mol. The highest BCUT2D eigenvalue weighted by atomic mass is 16.1. The third kappa shape index (κ3) is 3.80. The summed E-state index contributed by atoms with van der Waals surface area (Å²) in [6, 6.07) is 9.83. The highest BCUT2D eigenvalue weighted by Crippen LogP contribution is 2.24. The molecule has 0 radical (unpaired) electrons. The molecule has 1 amide bonds. The van der Waals surface area contributed by atoms with Crippen LogP contribution in [0.25, 0.3) is 0 Å². The quantitative estimate of drug-likeness (QED) is 0.765. The van der Waals surface area contributed by atoms with E-state index in [-0.39, 0.29) is 11.8 Å². The zero-order valence-corrected chi connectivity index (χ0v) is 13.5. The Bertz CT molecular complexity index is 712. The van der Waals surface area contributed by atoms with E-state index in [0.29, 0.717) is 6.54 Å². The number of primary amides is 1. The zero-order valence-electron chi connectivity index (χ0n) is 13.5. The van der Waals surface area contributed by atoms with Crippen LogP contribution in [0, 0.1) is 5.92 Å².